The lowest BCUT2D eigenvalue weighted by atomic mass is 9.90. The number of hydrogen-bond donors (Lipinski definition) is 0. The van der Waals surface area contributed by atoms with Gasteiger partial charge in [0.05, 0.1) is 12.0 Å². The summed E-state index contributed by atoms with van der Waals surface area (Å²) in [5.74, 6) is -1.23. The van der Waals surface area contributed by atoms with E-state index in [1.165, 1.54) is 25.3 Å². The van der Waals surface area contributed by atoms with Crippen LogP contribution >= 0.6 is 0 Å². The highest BCUT2D eigenvalue weighted by atomic mass is 16.6. The molecule has 6 nitrogen and oxygen atoms in total. The second-order valence-corrected chi connectivity index (χ2v) is 4.51. The number of nitro groups is 1. The van der Waals surface area contributed by atoms with Crippen LogP contribution in [0.15, 0.2) is 48.5 Å². The summed E-state index contributed by atoms with van der Waals surface area (Å²) in [5, 5.41) is 20.0. The molecule has 0 saturated heterocycles. The molecule has 0 aliphatic rings. The van der Waals surface area contributed by atoms with Crippen LogP contribution < -0.4 is 0 Å². The number of ether oxygens (including phenoxy) is 1. The largest absolute Gasteiger partial charge is 0.468 e. The molecule has 0 bridgehead atoms. The molecule has 0 spiro atoms. The summed E-state index contributed by atoms with van der Waals surface area (Å²) in [5.41, 5.74) is 0.780. The molecule has 2 aromatic rings. The summed E-state index contributed by atoms with van der Waals surface area (Å²) in [6.07, 6.45) is 0. The predicted octanol–water partition coefficient (Wildman–Crippen LogP) is 2.77. The molecular formula is C16H12N2O4. The molecule has 0 saturated carbocycles. The zero-order valence-corrected chi connectivity index (χ0v) is 11.7. The second-order valence-electron chi connectivity index (χ2n) is 4.51. The monoisotopic (exact) mass is 296 g/mol. The van der Waals surface area contributed by atoms with Crippen molar-refractivity contribution in [1.29, 1.82) is 5.26 Å². The molecule has 0 amide bonds. The molecular weight excluding hydrogens is 284 g/mol. The third kappa shape index (κ3) is 2.94. The first-order valence-electron chi connectivity index (χ1n) is 6.39. The van der Waals surface area contributed by atoms with Gasteiger partial charge in [-0.25, -0.2) is 0 Å². The van der Waals surface area contributed by atoms with E-state index < -0.39 is 16.8 Å². The molecule has 1 unspecified atom stereocenters. The minimum absolute atomic E-state index is 0.0904. The Morgan fingerprint density at radius 1 is 1.23 bits per heavy atom. The first-order chi connectivity index (χ1) is 10.6. The summed E-state index contributed by atoms with van der Waals surface area (Å²) in [7, 11) is 1.27. The lowest BCUT2D eigenvalue weighted by Gasteiger charge is -2.15. The minimum Gasteiger partial charge on any atom is -0.468 e. The van der Waals surface area contributed by atoms with Crippen molar-refractivity contribution < 1.29 is 14.5 Å². The van der Waals surface area contributed by atoms with Crippen molar-refractivity contribution in [2.45, 2.75) is 5.92 Å². The summed E-state index contributed by atoms with van der Waals surface area (Å²) in [6, 6.07) is 14.7. The van der Waals surface area contributed by atoms with Crippen LogP contribution in [0.3, 0.4) is 0 Å². The van der Waals surface area contributed by atoms with Crippen LogP contribution in [0, 0.1) is 21.4 Å². The molecule has 1 atom stereocenters. The van der Waals surface area contributed by atoms with Crippen LogP contribution in [-0.4, -0.2) is 18.0 Å². The molecule has 6 heteroatoms. The molecule has 0 aliphatic heterocycles. The van der Waals surface area contributed by atoms with E-state index >= 15 is 0 Å². The quantitative estimate of drug-likeness (QED) is 0.491. The maximum Gasteiger partial charge on any atom is 0.317 e. The van der Waals surface area contributed by atoms with E-state index in [0.29, 0.717) is 11.1 Å². The third-order valence-electron chi connectivity index (χ3n) is 3.24. The molecule has 0 fully saturated rings. The molecule has 110 valence electrons. The molecule has 0 aliphatic carbocycles. The summed E-state index contributed by atoms with van der Waals surface area (Å²) >= 11 is 0. The standard InChI is InChI=1S/C16H12N2O4/c1-22-16(19)15(11-5-3-2-4-6-11)12-7-8-14(18(20)21)13(9-12)10-17/h2-9,15H,1H3. The second kappa shape index (κ2) is 6.50. The van der Waals surface area contributed by atoms with Crippen LogP contribution in [0.25, 0.3) is 0 Å². The average molecular weight is 296 g/mol. The van der Waals surface area contributed by atoms with E-state index in [9.17, 15) is 14.9 Å². The number of methoxy groups -OCH3 is 1. The number of rotatable bonds is 4. The van der Waals surface area contributed by atoms with Gasteiger partial charge < -0.3 is 4.74 Å². The Labute approximate surface area is 126 Å². The van der Waals surface area contributed by atoms with Gasteiger partial charge >= 0.3 is 5.97 Å². The highest BCUT2D eigenvalue weighted by Gasteiger charge is 2.25. The lowest BCUT2D eigenvalue weighted by molar-refractivity contribution is -0.385. The molecule has 0 radical (unpaired) electrons. The van der Waals surface area contributed by atoms with Gasteiger partial charge in [0.25, 0.3) is 5.69 Å². The first-order valence-corrected chi connectivity index (χ1v) is 6.39. The smallest absolute Gasteiger partial charge is 0.317 e. The van der Waals surface area contributed by atoms with Gasteiger partial charge in [-0.05, 0) is 17.2 Å². The molecule has 2 aromatic carbocycles. The first kappa shape index (κ1) is 15.2. The molecule has 0 heterocycles. The van der Waals surface area contributed by atoms with E-state index in [1.807, 2.05) is 6.07 Å². The number of hydrogen-bond acceptors (Lipinski definition) is 5. The Bertz CT molecular complexity index is 750. The van der Waals surface area contributed by atoms with E-state index in [-0.39, 0.29) is 11.3 Å². The van der Waals surface area contributed by atoms with Crippen LogP contribution in [0.4, 0.5) is 5.69 Å². The van der Waals surface area contributed by atoms with Gasteiger partial charge in [-0.2, -0.15) is 5.26 Å². The number of esters is 1. The number of benzene rings is 2. The highest BCUT2D eigenvalue weighted by molar-refractivity contribution is 5.82. The number of nitriles is 1. The Balaban J connectivity index is 2.57. The third-order valence-corrected chi connectivity index (χ3v) is 3.24. The van der Waals surface area contributed by atoms with Crippen molar-refractivity contribution in [3.8, 4) is 6.07 Å². The van der Waals surface area contributed by atoms with Gasteiger partial charge in [0.15, 0.2) is 0 Å². The zero-order valence-electron chi connectivity index (χ0n) is 11.7. The number of nitro benzene ring substituents is 1. The van der Waals surface area contributed by atoms with Gasteiger partial charge in [-0.1, -0.05) is 36.4 Å². The number of carbonyl (C=O) groups is 1. The van der Waals surface area contributed by atoms with Gasteiger partial charge in [0.2, 0.25) is 0 Å². The summed E-state index contributed by atoms with van der Waals surface area (Å²) in [4.78, 5) is 22.3. The fraction of sp³-hybridized carbons (Fsp3) is 0.125. The van der Waals surface area contributed by atoms with Crippen molar-refractivity contribution in [3.63, 3.8) is 0 Å². The van der Waals surface area contributed by atoms with Crippen LogP contribution in [0.2, 0.25) is 0 Å². The maximum absolute atomic E-state index is 12.1. The Hall–Kier alpha value is -3.20. The van der Waals surface area contributed by atoms with Crippen LogP contribution in [0.1, 0.15) is 22.6 Å². The van der Waals surface area contributed by atoms with E-state index in [4.69, 9.17) is 10.00 Å². The highest BCUT2D eigenvalue weighted by Crippen LogP contribution is 2.29. The number of carbonyl (C=O) groups excluding carboxylic acids is 1. The van der Waals surface area contributed by atoms with Crippen LogP contribution in [-0.2, 0) is 9.53 Å². The molecule has 2 rings (SSSR count). The SMILES string of the molecule is COC(=O)C(c1ccccc1)c1ccc([N+](=O)[O-])c(C#N)c1. The average Bonchev–Trinajstić information content (AvgIpc) is 2.55. The Kier molecular flexibility index (Phi) is 4.49. The van der Waals surface area contributed by atoms with Crippen molar-refractivity contribution in [3.05, 3.63) is 75.3 Å². The van der Waals surface area contributed by atoms with Crippen molar-refractivity contribution in [2.24, 2.45) is 0 Å². The number of nitrogens with zero attached hydrogens (tertiary/aromatic N) is 2. The van der Waals surface area contributed by atoms with Crippen molar-refractivity contribution in [2.75, 3.05) is 7.11 Å². The van der Waals surface area contributed by atoms with E-state index in [2.05, 4.69) is 0 Å². The van der Waals surface area contributed by atoms with Gasteiger partial charge in [0.1, 0.15) is 17.6 Å². The summed E-state index contributed by atoms with van der Waals surface area (Å²) in [6.45, 7) is 0. The minimum atomic E-state index is -0.737. The zero-order chi connectivity index (χ0) is 16.1. The molecule has 22 heavy (non-hydrogen) atoms. The normalized spacial score (nSPS) is 11.3. The fourth-order valence-electron chi connectivity index (χ4n) is 2.21. The van der Waals surface area contributed by atoms with E-state index in [1.54, 1.807) is 30.3 Å². The molecule has 0 N–H and O–H groups in total. The van der Waals surface area contributed by atoms with E-state index in [0.717, 1.165) is 0 Å². The lowest BCUT2D eigenvalue weighted by Crippen LogP contribution is -2.16. The van der Waals surface area contributed by atoms with Crippen molar-refractivity contribution >= 4 is 11.7 Å². The molecule has 0 aromatic heterocycles. The van der Waals surface area contributed by atoms with Crippen LogP contribution in [0.5, 0.6) is 0 Å². The predicted molar refractivity (Wildman–Crippen MR) is 78.1 cm³/mol. The summed E-state index contributed by atoms with van der Waals surface area (Å²) < 4.78 is 4.82. The van der Waals surface area contributed by atoms with Gasteiger partial charge in [0, 0.05) is 6.07 Å². The van der Waals surface area contributed by atoms with Crippen molar-refractivity contribution in [1.82, 2.24) is 0 Å². The van der Waals surface area contributed by atoms with Gasteiger partial charge in [-0.3, -0.25) is 14.9 Å². The van der Waals surface area contributed by atoms with Gasteiger partial charge in [-0.15, -0.1) is 0 Å². The fourth-order valence-corrected chi connectivity index (χ4v) is 2.21. The Morgan fingerprint density at radius 3 is 2.45 bits per heavy atom. The maximum atomic E-state index is 12.1. The topological polar surface area (TPSA) is 93.2 Å². The Morgan fingerprint density at radius 2 is 1.91 bits per heavy atom.